The van der Waals surface area contributed by atoms with Crippen molar-refractivity contribution in [3.8, 4) is 5.75 Å². The second kappa shape index (κ2) is 8.61. The molecule has 7 nitrogen and oxygen atoms in total. The third-order valence-electron chi connectivity index (χ3n) is 5.82. The molecule has 2 fully saturated rings. The maximum absolute atomic E-state index is 12.7. The zero-order valence-electron chi connectivity index (χ0n) is 16.5. The highest BCUT2D eigenvalue weighted by molar-refractivity contribution is 6.05. The zero-order chi connectivity index (χ0) is 20.2. The lowest BCUT2D eigenvalue weighted by Gasteiger charge is -2.24. The minimum Gasteiger partial charge on any atom is -0.494 e. The lowest BCUT2D eigenvalue weighted by atomic mass is 9.85. The first-order valence-electron chi connectivity index (χ1n) is 10.1. The van der Waals surface area contributed by atoms with Crippen LogP contribution in [0, 0.1) is 5.92 Å². The van der Waals surface area contributed by atoms with Crippen LogP contribution in [0.5, 0.6) is 5.75 Å². The fourth-order valence-corrected chi connectivity index (χ4v) is 4.31. The second-order valence-corrected chi connectivity index (χ2v) is 7.71. The minimum atomic E-state index is -0.272. The minimum absolute atomic E-state index is 0.0198. The van der Waals surface area contributed by atoms with Crippen molar-refractivity contribution in [3.05, 3.63) is 48.3 Å². The lowest BCUT2D eigenvalue weighted by molar-refractivity contribution is -0.117. The fourth-order valence-electron chi connectivity index (χ4n) is 4.31. The van der Waals surface area contributed by atoms with Crippen molar-refractivity contribution in [2.75, 3.05) is 17.7 Å². The number of fused-ring (bicyclic) bond motifs is 1. The highest BCUT2D eigenvalue weighted by Crippen LogP contribution is 2.34. The smallest absolute Gasteiger partial charge is 0.257 e. The van der Waals surface area contributed by atoms with Crippen LogP contribution < -0.4 is 20.7 Å². The van der Waals surface area contributed by atoms with E-state index >= 15 is 0 Å². The Morgan fingerprint density at radius 1 is 1.17 bits per heavy atom. The summed E-state index contributed by atoms with van der Waals surface area (Å²) in [6.07, 6.45) is 8.89. The molecule has 2 heterocycles. The van der Waals surface area contributed by atoms with E-state index in [1.807, 2.05) is 0 Å². The molecule has 29 heavy (non-hydrogen) atoms. The molecule has 0 bridgehead atoms. The summed E-state index contributed by atoms with van der Waals surface area (Å²) in [7, 11) is 1.53. The van der Waals surface area contributed by atoms with Crippen LogP contribution in [0.4, 0.5) is 11.4 Å². The Hall–Kier alpha value is -2.93. The van der Waals surface area contributed by atoms with Crippen LogP contribution in [0.1, 0.15) is 42.5 Å². The molecule has 1 aromatic carbocycles. The molecule has 0 radical (unpaired) electrons. The van der Waals surface area contributed by atoms with Crippen molar-refractivity contribution in [1.29, 1.82) is 0 Å². The van der Waals surface area contributed by atoms with Crippen LogP contribution in [-0.4, -0.2) is 36.0 Å². The van der Waals surface area contributed by atoms with Gasteiger partial charge in [0, 0.05) is 30.2 Å². The van der Waals surface area contributed by atoms with Crippen molar-refractivity contribution in [2.45, 2.75) is 44.2 Å². The number of hydrogen-bond acceptors (Lipinski definition) is 5. The van der Waals surface area contributed by atoms with Gasteiger partial charge in [-0.15, -0.1) is 0 Å². The van der Waals surface area contributed by atoms with Crippen molar-refractivity contribution >= 4 is 23.2 Å². The molecule has 1 aliphatic carbocycles. The number of carbonyl (C=O) groups is 2. The van der Waals surface area contributed by atoms with E-state index < -0.39 is 0 Å². The monoisotopic (exact) mass is 394 g/mol. The quantitative estimate of drug-likeness (QED) is 0.724. The highest BCUT2D eigenvalue weighted by Gasteiger charge is 2.38. The average Bonchev–Trinajstić information content (AvgIpc) is 3.20. The van der Waals surface area contributed by atoms with Gasteiger partial charge in [0.25, 0.3) is 5.91 Å². The summed E-state index contributed by atoms with van der Waals surface area (Å²) < 4.78 is 5.41. The molecular weight excluding hydrogens is 368 g/mol. The second-order valence-electron chi connectivity index (χ2n) is 7.71. The van der Waals surface area contributed by atoms with E-state index in [-0.39, 0.29) is 17.9 Å². The molecule has 1 saturated heterocycles. The van der Waals surface area contributed by atoms with Gasteiger partial charge in [-0.3, -0.25) is 14.6 Å². The van der Waals surface area contributed by atoms with Crippen molar-refractivity contribution < 1.29 is 14.3 Å². The van der Waals surface area contributed by atoms with Gasteiger partial charge in [-0.1, -0.05) is 12.8 Å². The molecule has 3 atom stereocenters. The third-order valence-corrected chi connectivity index (χ3v) is 5.82. The molecule has 0 spiro atoms. The van der Waals surface area contributed by atoms with Crippen LogP contribution in [0.2, 0.25) is 0 Å². The van der Waals surface area contributed by atoms with Gasteiger partial charge in [-0.25, -0.2) is 0 Å². The Balaban J connectivity index is 1.41. The van der Waals surface area contributed by atoms with Gasteiger partial charge in [0.05, 0.1) is 24.4 Å². The Bertz CT molecular complexity index is 873. The van der Waals surface area contributed by atoms with E-state index in [0.717, 1.165) is 12.8 Å². The number of carbonyl (C=O) groups excluding carboxylic acids is 2. The largest absolute Gasteiger partial charge is 0.494 e. The average molecular weight is 394 g/mol. The Morgan fingerprint density at radius 3 is 2.79 bits per heavy atom. The van der Waals surface area contributed by atoms with Crippen LogP contribution in [0.3, 0.4) is 0 Å². The molecular formula is C22H26N4O3. The maximum Gasteiger partial charge on any atom is 0.257 e. The summed E-state index contributed by atoms with van der Waals surface area (Å²) in [5, 5.41) is 9.29. The molecule has 7 heteroatoms. The van der Waals surface area contributed by atoms with Gasteiger partial charge < -0.3 is 20.7 Å². The predicted octanol–water partition coefficient (Wildman–Crippen LogP) is 3.20. The van der Waals surface area contributed by atoms with Crippen LogP contribution >= 0.6 is 0 Å². The predicted molar refractivity (Wildman–Crippen MR) is 111 cm³/mol. The summed E-state index contributed by atoms with van der Waals surface area (Å²) in [5.41, 5.74) is 1.63. The number of anilines is 2. The number of benzene rings is 1. The first kappa shape index (κ1) is 19.4. The maximum atomic E-state index is 12.7. The summed E-state index contributed by atoms with van der Waals surface area (Å²) in [5.74, 6) is 0.798. The molecule has 152 valence electrons. The molecule has 3 unspecified atom stereocenters. The van der Waals surface area contributed by atoms with Crippen molar-refractivity contribution in [2.24, 2.45) is 5.92 Å². The molecule has 2 aliphatic rings. The van der Waals surface area contributed by atoms with Gasteiger partial charge >= 0.3 is 0 Å². The summed E-state index contributed by atoms with van der Waals surface area (Å²) in [4.78, 5) is 29.0. The van der Waals surface area contributed by atoms with Crippen LogP contribution in [-0.2, 0) is 4.79 Å². The number of aromatic nitrogens is 1. The number of hydrogen-bond donors (Lipinski definition) is 3. The normalized spacial score (nSPS) is 23.1. The molecule has 2 amide bonds. The molecule has 1 aromatic heterocycles. The molecule has 4 rings (SSSR count). The third kappa shape index (κ3) is 4.40. The number of methoxy groups -OCH3 is 1. The van der Waals surface area contributed by atoms with Gasteiger partial charge in [0.1, 0.15) is 5.75 Å². The Kier molecular flexibility index (Phi) is 5.76. The molecule has 1 aliphatic heterocycles. The summed E-state index contributed by atoms with van der Waals surface area (Å²) in [6.45, 7) is 0. The molecule has 3 N–H and O–H groups in total. The van der Waals surface area contributed by atoms with E-state index in [1.54, 1.807) is 36.5 Å². The lowest BCUT2D eigenvalue weighted by Crippen LogP contribution is -2.39. The SMILES string of the molecule is COc1cc(NC(=O)C2CC3CCCCC3N2)ccc1NC(=O)c1cccnc1. The first-order chi connectivity index (χ1) is 14.1. The summed E-state index contributed by atoms with van der Waals surface area (Å²) >= 11 is 0. The van der Waals surface area contributed by atoms with E-state index in [0.29, 0.717) is 34.6 Å². The van der Waals surface area contributed by atoms with E-state index in [9.17, 15) is 9.59 Å². The zero-order valence-corrected chi connectivity index (χ0v) is 16.5. The van der Waals surface area contributed by atoms with Crippen LogP contribution in [0.15, 0.2) is 42.7 Å². The number of nitrogens with zero attached hydrogens (tertiary/aromatic N) is 1. The van der Waals surface area contributed by atoms with E-state index in [4.69, 9.17) is 4.74 Å². The highest BCUT2D eigenvalue weighted by atomic mass is 16.5. The van der Waals surface area contributed by atoms with Gasteiger partial charge in [0.15, 0.2) is 0 Å². The van der Waals surface area contributed by atoms with Gasteiger partial charge in [0.2, 0.25) is 5.91 Å². The van der Waals surface area contributed by atoms with Gasteiger partial charge in [-0.05, 0) is 49.4 Å². The number of pyridine rings is 1. The number of amides is 2. The van der Waals surface area contributed by atoms with Crippen LogP contribution in [0.25, 0.3) is 0 Å². The summed E-state index contributed by atoms with van der Waals surface area (Å²) in [6, 6.07) is 8.93. The van der Waals surface area contributed by atoms with Gasteiger partial charge in [-0.2, -0.15) is 0 Å². The Labute approximate surface area is 170 Å². The topological polar surface area (TPSA) is 92.4 Å². The molecule has 1 saturated carbocycles. The molecule has 2 aromatic rings. The van der Waals surface area contributed by atoms with Crippen molar-refractivity contribution in [1.82, 2.24) is 10.3 Å². The Morgan fingerprint density at radius 2 is 2.03 bits per heavy atom. The van der Waals surface area contributed by atoms with E-state index in [1.165, 1.54) is 32.6 Å². The van der Waals surface area contributed by atoms with Crippen molar-refractivity contribution in [3.63, 3.8) is 0 Å². The number of ether oxygens (including phenoxy) is 1. The first-order valence-corrected chi connectivity index (χ1v) is 10.1. The van der Waals surface area contributed by atoms with E-state index in [2.05, 4.69) is 20.9 Å². The standard InChI is InChI=1S/C22H26N4O3/c1-29-20-12-16(8-9-18(20)26-21(27)15-6-4-10-23-13-15)24-22(28)19-11-14-5-2-3-7-17(14)25-19/h4,6,8-10,12-14,17,19,25H,2-3,5,7,11H2,1H3,(H,24,28)(H,26,27). The number of rotatable bonds is 5. The number of nitrogens with one attached hydrogen (secondary N) is 3. The fraction of sp³-hybridized carbons (Fsp3) is 0.409.